The van der Waals surface area contributed by atoms with Crippen LogP contribution in [0.1, 0.15) is 36.0 Å². The van der Waals surface area contributed by atoms with Gasteiger partial charge in [-0.15, -0.1) is 23.4 Å². The molecule has 0 bridgehead atoms. The molecule has 45 heavy (non-hydrogen) atoms. The van der Waals surface area contributed by atoms with Gasteiger partial charge in [0.05, 0.1) is 11.4 Å². The molecule has 0 aromatic heterocycles. The number of unbranched alkanes of at least 4 members (excludes halogenated alkanes) is 1. The van der Waals surface area contributed by atoms with E-state index in [2.05, 4.69) is 16.0 Å². The third kappa shape index (κ3) is 9.79. The summed E-state index contributed by atoms with van der Waals surface area (Å²) in [4.78, 5) is 50.9. The van der Waals surface area contributed by atoms with Crippen molar-refractivity contribution in [1.82, 2.24) is 16.0 Å². The Morgan fingerprint density at radius 2 is 1.20 bits per heavy atom. The van der Waals surface area contributed by atoms with Gasteiger partial charge in [0.2, 0.25) is 23.6 Å². The topological polar surface area (TPSA) is 177 Å². The summed E-state index contributed by atoms with van der Waals surface area (Å²) in [6.07, 6.45) is 1.30. The summed E-state index contributed by atoms with van der Waals surface area (Å²) in [5.74, 6) is -3.10. The monoisotopic (exact) mass is 653 g/mol. The van der Waals surface area contributed by atoms with Gasteiger partial charge in [0, 0.05) is 5.75 Å². The van der Waals surface area contributed by atoms with Gasteiger partial charge in [-0.1, -0.05) is 91.0 Å². The Kier molecular flexibility index (Phi) is 14.4. The van der Waals surface area contributed by atoms with Gasteiger partial charge in [-0.25, -0.2) is 0 Å². The van der Waals surface area contributed by atoms with Crippen molar-refractivity contribution in [2.24, 2.45) is 11.5 Å². The quantitative estimate of drug-likeness (QED) is 0.0691. The number of hydrogen-bond donors (Lipinski definition) is 6. The first-order chi connectivity index (χ1) is 21.8. The first kappa shape index (κ1) is 35.6. The summed E-state index contributed by atoms with van der Waals surface area (Å²) in [6.45, 7) is -0.318. The molecule has 12 heteroatoms. The molecule has 0 fully saturated rings. The van der Waals surface area contributed by atoms with Crippen molar-refractivity contribution >= 4 is 47.0 Å². The fraction of sp³-hybridized carbons (Fsp3) is 0.333. The number of hydrogen-bond acceptors (Lipinski definition) is 7. The molecule has 0 saturated heterocycles. The van der Waals surface area contributed by atoms with Crippen molar-refractivity contribution in [2.45, 2.75) is 42.1 Å². The van der Waals surface area contributed by atoms with Crippen molar-refractivity contribution < 1.29 is 24.3 Å². The molecule has 0 spiro atoms. The Balaban J connectivity index is 1.91. The third-order valence-electron chi connectivity index (χ3n) is 7.20. The number of carbonyl (C=O) groups is 4. The lowest BCUT2D eigenvalue weighted by molar-refractivity contribution is -0.133. The lowest BCUT2D eigenvalue weighted by atomic mass is 9.84. The van der Waals surface area contributed by atoms with Crippen LogP contribution in [0.3, 0.4) is 0 Å². The van der Waals surface area contributed by atoms with Crippen LogP contribution in [-0.4, -0.2) is 71.6 Å². The highest BCUT2D eigenvalue weighted by Crippen LogP contribution is 2.48. The number of alkyl halides is 1. The van der Waals surface area contributed by atoms with Crippen LogP contribution in [-0.2, 0) is 23.9 Å². The zero-order valence-electron chi connectivity index (χ0n) is 24.9. The number of nitrogens with one attached hydrogen (secondary N) is 3. The van der Waals surface area contributed by atoms with Crippen molar-refractivity contribution in [1.29, 1.82) is 0 Å². The van der Waals surface area contributed by atoms with E-state index in [1.54, 1.807) is 0 Å². The number of aliphatic hydroxyl groups excluding tert-OH is 1. The number of amides is 4. The first-order valence-corrected chi connectivity index (χ1v) is 16.2. The first-order valence-electron chi connectivity index (χ1n) is 14.6. The average molecular weight is 654 g/mol. The molecule has 0 aliphatic carbocycles. The second-order valence-electron chi connectivity index (χ2n) is 10.3. The fourth-order valence-electron chi connectivity index (χ4n) is 4.91. The summed E-state index contributed by atoms with van der Waals surface area (Å²) in [5, 5.41) is 17.3. The molecule has 3 rings (SSSR count). The fourth-order valence-corrected chi connectivity index (χ4v) is 6.55. The Morgan fingerprint density at radius 1 is 0.733 bits per heavy atom. The molecule has 3 atom stereocenters. The van der Waals surface area contributed by atoms with Crippen molar-refractivity contribution in [2.75, 3.05) is 24.8 Å². The molecule has 3 aromatic carbocycles. The number of thioether (sulfide) groups is 1. The van der Waals surface area contributed by atoms with Crippen LogP contribution in [0.2, 0.25) is 0 Å². The Morgan fingerprint density at radius 3 is 1.62 bits per heavy atom. The predicted octanol–water partition coefficient (Wildman–Crippen LogP) is 2.01. The van der Waals surface area contributed by atoms with Crippen LogP contribution >= 0.6 is 23.4 Å². The highest BCUT2D eigenvalue weighted by Gasteiger charge is 2.38. The van der Waals surface area contributed by atoms with Gasteiger partial charge >= 0.3 is 0 Å². The molecule has 0 aliphatic heterocycles. The minimum absolute atomic E-state index is 0.105. The van der Waals surface area contributed by atoms with Crippen LogP contribution in [0, 0.1) is 0 Å². The van der Waals surface area contributed by atoms with E-state index < -0.39 is 59.0 Å². The summed E-state index contributed by atoms with van der Waals surface area (Å²) in [7, 11) is 0. The number of aliphatic hydroxyl groups is 1. The molecule has 10 nitrogen and oxygen atoms in total. The maximum atomic E-state index is 13.6. The van der Waals surface area contributed by atoms with Crippen LogP contribution in [0.4, 0.5) is 0 Å². The molecular formula is C33H40ClN5O5S. The standard InChI is InChI=1S/C33H40ClN5O5S/c34-20-29(41)37-27(21-40)32(44)38-26(18-10-11-19-35)31(43)39-28(30(36)42)22-45-33(23-12-4-1-5-13-23,24-14-6-2-7-15-24)25-16-8-3-9-17-25/h1-9,12-17,26-28,40H,10-11,18-22,35H2,(H2,36,42)(H,37,41)(H,38,44)(H,39,43)/t26-,27-,28-/m0/s1. The van der Waals surface area contributed by atoms with E-state index in [0.29, 0.717) is 19.4 Å². The van der Waals surface area contributed by atoms with E-state index in [1.807, 2.05) is 91.0 Å². The van der Waals surface area contributed by atoms with E-state index >= 15 is 0 Å². The van der Waals surface area contributed by atoms with E-state index in [9.17, 15) is 24.3 Å². The van der Waals surface area contributed by atoms with Crippen molar-refractivity contribution in [3.63, 3.8) is 0 Å². The van der Waals surface area contributed by atoms with Gasteiger partial charge in [-0.05, 0) is 42.5 Å². The molecule has 8 N–H and O–H groups in total. The third-order valence-corrected chi connectivity index (χ3v) is 9.09. The molecule has 0 radical (unpaired) electrons. The zero-order chi connectivity index (χ0) is 32.7. The number of nitrogens with two attached hydrogens (primary N) is 2. The average Bonchev–Trinajstić information content (AvgIpc) is 3.07. The lowest BCUT2D eigenvalue weighted by Gasteiger charge is -2.36. The molecule has 0 unspecified atom stereocenters. The smallest absolute Gasteiger partial charge is 0.245 e. The van der Waals surface area contributed by atoms with Crippen LogP contribution in [0.5, 0.6) is 0 Å². The van der Waals surface area contributed by atoms with Crippen molar-refractivity contribution in [3.05, 3.63) is 108 Å². The number of benzene rings is 3. The Hall–Kier alpha value is -3.90. The lowest BCUT2D eigenvalue weighted by Crippen LogP contribution is -2.57. The Labute approximate surface area is 272 Å². The van der Waals surface area contributed by atoms with Crippen LogP contribution in [0.25, 0.3) is 0 Å². The number of rotatable bonds is 18. The Bertz CT molecular complexity index is 1290. The molecule has 240 valence electrons. The van der Waals surface area contributed by atoms with E-state index in [-0.39, 0.29) is 12.2 Å². The highest BCUT2D eigenvalue weighted by molar-refractivity contribution is 8.00. The number of carbonyl (C=O) groups excluding carboxylic acids is 4. The molecule has 0 aliphatic rings. The minimum Gasteiger partial charge on any atom is -0.394 e. The second kappa shape index (κ2) is 18.2. The molecule has 4 amide bonds. The maximum absolute atomic E-state index is 13.6. The molecule has 3 aromatic rings. The van der Waals surface area contributed by atoms with Gasteiger partial charge in [-0.3, -0.25) is 19.2 Å². The molecule has 0 saturated carbocycles. The summed E-state index contributed by atoms with van der Waals surface area (Å²) in [5.41, 5.74) is 14.4. The molecular weight excluding hydrogens is 614 g/mol. The van der Waals surface area contributed by atoms with Gasteiger partial charge in [0.15, 0.2) is 0 Å². The van der Waals surface area contributed by atoms with Gasteiger partial charge in [0.1, 0.15) is 24.0 Å². The van der Waals surface area contributed by atoms with Crippen LogP contribution < -0.4 is 27.4 Å². The highest BCUT2D eigenvalue weighted by atomic mass is 35.5. The van der Waals surface area contributed by atoms with Crippen LogP contribution in [0.15, 0.2) is 91.0 Å². The summed E-state index contributed by atoms with van der Waals surface area (Å²) < 4.78 is -0.758. The van der Waals surface area contributed by atoms with E-state index in [0.717, 1.165) is 16.7 Å². The van der Waals surface area contributed by atoms with Gasteiger partial charge < -0.3 is 32.5 Å². The largest absolute Gasteiger partial charge is 0.394 e. The zero-order valence-corrected chi connectivity index (χ0v) is 26.4. The SMILES string of the molecule is NCCCC[C@H](NC(=O)[C@H](CO)NC(=O)CCl)C(=O)N[C@@H](CSC(c1ccccc1)(c1ccccc1)c1ccccc1)C(N)=O. The summed E-state index contributed by atoms with van der Waals surface area (Å²) >= 11 is 6.98. The number of primary amides is 1. The second-order valence-corrected chi connectivity index (χ2v) is 11.8. The van der Waals surface area contributed by atoms with E-state index in [1.165, 1.54) is 11.8 Å². The normalized spacial score (nSPS) is 13.2. The van der Waals surface area contributed by atoms with Gasteiger partial charge in [-0.2, -0.15) is 0 Å². The van der Waals surface area contributed by atoms with Crippen molar-refractivity contribution in [3.8, 4) is 0 Å². The van der Waals surface area contributed by atoms with E-state index in [4.69, 9.17) is 23.1 Å². The summed E-state index contributed by atoms with van der Waals surface area (Å²) in [6, 6.07) is 26.1. The number of halogens is 1. The van der Waals surface area contributed by atoms with Gasteiger partial charge in [0.25, 0.3) is 0 Å². The predicted molar refractivity (Wildman–Crippen MR) is 177 cm³/mol. The maximum Gasteiger partial charge on any atom is 0.245 e. The minimum atomic E-state index is -1.31. The molecule has 0 heterocycles.